The molecule has 3 aliphatic rings. The SMILES string of the molecule is CCC1CC1n1ncc(Nc2ncc3cc(C)c(C4CCN(C5CCOC5)CC4F)cc3n2)c1Cl. The molecule has 2 aliphatic heterocycles. The number of anilines is 2. The number of hydrogen-bond acceptors (Lipinski definition) is 6. The molecule has 3 aromatic rings. The average Bonchev–Trinajstić information content (AvgIpc) is 3.24. The number of aryl methyl sites for hydroxylation is 1. The fourth-order valence-electron chi connectivity index (χ4n) is 5.84. The maximum absolute atomic E-state index is 15.4. The van der Waals surface area contributed by atoms with Crippen LogP contribution in [0.15, 0.2) is 24.5 Å². The van der Waals surface area contributed by atoms with Gasteiger partial charge in [0.15, 0.2) is 5.15 Å². The number of nitrogens with one attached hydrogen (secondary N) is 1. The van der Waals surface area contributed by atoms with Crippen molar-refractivity contribution in [2.75, 3.05) is 31.6 Å². The van der Waals surface area contributed by atoms with E-state index in [0.29, 0.717) is 41.3 Å². The summed E-state index contributed by atoms with van der Waals surface area (Å²) in [5, 5.41) is 9.23. The lowest BCUT2D eigenvalue weighted by atomic mass is 9.84. The molecule has 1 aliphatic carbocycles. The molecule has 2 aromatic heterocycles. The van der Waals surface area contributed by atoms with Crippen LogP contribution >= 0.6 is 11.6 Å². The van der Waals surface area contributed by atoms with E-state index in [4.69, 9.17) is 21.3 Å². The summed E-state index contributed by atoms with van der Waals surface area (Å²) in [7, 11) is 0. The second-order valence-electron chi connectivity index (χ2n) is 10.3. The predicted molar refractivity (Wildman–Crippen MR) is 135 cm³/mol. The molecule has 6 rings (SSSR count). The van der Waals surface area contributed by atoms with E-state index in [1.54, 1.807) is 6.20 Å². The Morgan fingerprint density at radius 2 is 2.14 bits per heavy atom. The van der Waals surface area contributed by atoms with Gasteiger partial charge in [-0.2, -0.15) is 5.10 Å². The topological polar surface area (TPSA) is 68.1 Å². The second-order valence-corrected chi connectivity index (χ2v) is 10.6. The van der Waals surface area contributed by atoms with Gasteiger partial charge < -0.3 is 10.1 Å². The molecule has 186 valence electrons. The molecule has 0 spiro atoms. The van der Waals surface area contributed by atoms with Gasteiger partial charge in [-0.1, -0.05) is 24.9 Å². The van der Waals surface area contributed by atoms with Crippen molar-refractivity contribution in [2.45, 2.75) is 63.7 Å². The van der Waals surface area contributed by atoms with Crippen LogP contribution in [0.25, 0.3) is 10.9 Å². The van der Waals surface area contributed by atoms with Gasteiger partial charge in [-0.05, 0) is 61.9 Å². The molecule has 2 saturated heterocycles. The van der Waals surface area contributed by atoms with Crippen molar-refractivity contribution in [3.8, 4) is 0 Å². The van der Waals surface area contributed by atoms with Crippen molar-refractivity contribution in [1.29, 1.82) is 0 Å². The number of fused-ring (bicyclic) bond motifs is 1. The third-order valence-electron chi connectivity index (χ3n) is 8.07. The number of hydrogen-bond donors (Lipinski definition) is 1. The highest BCUT2D eigenvalue weighted by Gasteiger charge is 2.39. The first-order chi connectivity index (χ1) is 17.0. The Labute approximate surface area is 210 Å². The Morgan fingerprint density at radius 1 is 1.26 bits per heavy atom. The highest BCUT2D eigenvalue weighted by atomic mass is 35.5. The van der Waals surface area contributed by atoms with Crippen LogP contribution < -0.4 is 5.32 Å². The average molecular weight is 499 g/mol. The number of ether oxygens (including phenoxy) is 1. The van der Waals surface area contributed by atoms with Gasteiger partial charge >= 0.3 is 0 Å². The van der Waals surface area contributed by atoms with E-state index in [2.05, 4.69) is 40.2 Å². The minimum Gasteiger partial charge on any atom is -0.380 e. The van der Waals surface area contributed by atoms with Crippen molar-refractivity contribution in [1.82, 2.24) is 24.6 Å². The molecule has 5 atom stereocenters. The molecule has 3 fully saturated rings. The van der Waals surface area contributed by atoms with Gasteiger partial charge in [-0.3, -0.25) is 4.90 Å². The molecule has 1 aromatic carbocycles. The number of piperidine rings is 1. The summed E-state index contributed by atoms with van der Waals surface area (Å²) in [6.07, 6.45) is 6.69. The van der Waals surface area contributed by atoms with E-state index in [-0.39, 0.29) is 5.92 Å². The fraction of sp³-hybridized carbons (Fsp3) is 0.577. The first kappa shape index (κ1) is 23.1. The first-order valence-electron chi connectivity index (χ1n) is 12.7. The predicted octanol–water partition coefficient (Wildman–Crippen LogP) is 5.42. The standard InChI is InChI=1S/C26H32ClFN6O/c1-3-16-9-24(16)34-25(27)23(12-30-34)32-26-29-11-17-8-15(2)20(10-22(17)31-26)19-4-6-33(13-21(19)28)18-5-7-35-14-18/h8,10-12,16,18-19,21,24H,3-7,9,13-14H2,1-2H3,(H,29,31,32). The fourth-order valence-corrected chi connectivity index (χ4v) is 6.11. The minimum atomic E-state index is -0.904. The summed E-state index contributed by atoms with van der Waals surface area (Å²) in [5.41, 5.74) is 3.64. The van der Waals surface area contributed by atoms with E-state index in [1.807, 2.05) is 16.9 Å². The van der Waals surface area contributed by atoms with Crippen molar-refractivity contribution in [3.05, 3.63) is 40.8 Å². The number of likely N-dealkylation sites (tertiary alicyclic amines) is 1. The molecular formula is C26H32ClFN6O. The van der Waals surface area contributed by atoms with Crippen LogP contribution in [-0.4, -0.2) is 63.2 Å². The number of rotatable bonds is 6. The molecule has 0 bridgehead atoms. The van der Waals surface area contributed by atoms with Crippen LogP contribution in [0.1, 0.15) is 55.7 Å². The normalized spacial score (nSPS) is 29.1. The third-order valence-corrected chi connectivity index (χ3v) is 8.44. The number of alkyl halides is 1. The van der Waals surface area contributed by atoms with Gasteiger partial charge in [0.25, 0.3) is 0 Å². The highest BCUT2D eigenvalue weighted by molar-refractivity contribution is 6.32. The first-order valence-corrected chi connectivity index (χ1v) is 13.1. The van der Waals surface area contributed by atoms with E-state index in [9.17, 15) is 0 Å². The summed E-state index contributed by atoms with van der Waals surface area (Å²) < 4.78 is 22.8. The zero-order chi connectivity index (χ0) is 24.1. The monoisotopic (exact) mass is 498 g/mol. The number of aromatic nitrogens is 4. The molecule has 9 heteroatoms. The Morgan fingerprint density at radius 3 is 2.89 bits per heavy atom. The molecule has 4 heterocycles. The van der Waals surface area contributed by atoms with Gasteiger partial charge in [0.1, 0.15) is 6.17 Å². The quantitative estimate of drug-likeness (QED) is 0.489. The van der Waals surface area contributed by atoms with Crippen molar-refractivity contribution in [3.63, 3.8) is 0 Å². The number of nitrogens with zero attached hydrogens (tertiary/aromatic N) is 5. The molecule has 35 heavy (non-hydrogen) atoms. The zero-order valence-corrected chi connectivity index (χ0v) is 21.0. The van der Waals surface area contributed by atoms with Crippen LogP contribution in [0.3, 0.4) is 0 Å². The van der Waals surface area contributed by atoms with Crippen LogP contribution in [0, 0.1) is 12.8 Å². The lowest BCUT2D eigenvalue weighted by Gasteiger charge is -2.38. The summed E-state index contributed by atoms with van der Waals surface area (Å²) >= 11 is 6.60. The molecule has 1 saturated carbocycles. The van der Waals surface area contributed by atoms with Crippen LogP contribution in [0.4, 0.5) is 16.0 Å². The molecule has 0 amide bonds. The van der Waals surface area contributed by atoms with E-state index >= 15 is 4.39 Å². The van der Waals surface area contributed by atoms with Gasteiger partial charge in [0.05, 0.1) is 30.0 Å². The van der Waals surface area contributed by atoms with Crippen LogP contribution in [0.2, 0.25) is 5.15 Å². The van der Waals surface area contributed by atoms with Gasteiger partial charge in [-0.25, -0.2) is 19.0 Å². The smallest absolute Gasteiger partial charge is 0.227 e. The van der Waals surface area contributed by atoms with Crippen molar-refractivity contribution in [2.24, 2.45) is 5.92 Å². The minimum absolute atomic E-state index is 0.123. The third kappa shape index (κ3) is 4.41. The Kier molecular flexibility index (Phi) is 6.15. The van der Waals surface area contributed by atoms with Gasteiger partial charge in [0, 0.05) is 36.7 Å². The summed E-state index contributed by atoms with van der Waals surface area (Å²) in [6.45, 7) is 7.12. The summed E-state index contributed by atoms with van der Waals surface area (Å²) in [6, 6.07) is 4.86. The van der Waals surface area contributed by atoms with E-state index in [0.717, 1.165) is 67.5 Å². The molecular weight excluding hydrogens is 467 g/mol. The van der Waals surface area contributed by atoms with Crippen LogP contribution in [0.5, 0.6) is 0 Å². The van der Waals surface area contributed by atoms with E-state index in [1.165, 1.54) is 0 Å². The Balaban J connectivity index is 1.22. The largest absolute Gasteiger partial charge is 0.380 e. The van der Waals surface area contributed by atoms with Gasteiger partial charge in [0.2, 0.25) is 5.95 Å². The second kappa shape index (κ2) is 9.30. The van der Waals surface area contributed by atoms with Crippen molar-refractivity contribution >= 4 is 34.1 Å². The summed E-state index contributed by atoms with van der Waals surface area (Å²) in [5.74, 6) is 0.989. The van der Waals surface area contributed by atoms with E-state index < -0.39 is 6.17 Å². The lowest BCUT2D eigenvalue weighted by molar-refractivity contribution is 0.0728. The maximum Gasteiger partial charge on any atom is 0.227 e. The zero-order valence-electron chi connectivity index (χ0n) is 20.3. The highest BCUT2D eigenvalue weighted by Crippen LogP contribution is 2.47. The number of benzene rings is 1. The molecule has 7 nitrogen and oxygen atoms in total. The van der Waals surface area contributed by atoms with Gasteiger partial charge in [-0.15, -0.1) is 0 Å². The number of halogens is 2. The summed E-state index contributed by atoms with van der Waals surface area (Å²) in [4.78, 5) is 11.5. The Hall–Kier alpha value is -2.29. The Bertz CT molecular complexity index is 1230. The molecule has 5 unspecified atom stereocenters. The maximum atomic E-state index is 15.4. The molecule has 0 radical (unpaired) electrons. The lowest BCUT2D eigenvalue weighted by Crippen LogP contribution is -2.46. The van der Waals surface area contributed by atoms with Crippen molar-refractivity contribution < 1.29 is 9.13 Å². The van der Waals surface area contributed by atoms with Crippen LogP contribution in [-0.2, 0) is 4.74 Å². The molecule has 1 N–H and O–H groups in total.